The number of benzene rings is 3. The number of fused-ring (bicyclic) bond motifs is 2. The highest BCUT2D eigenvalue weighted by Gasteiger charge is 2.20. The molecule has 0 atom stereocenters. The Morgan fingerprint density at radius 1 is 1.00 bits per heavy atom. The van der Waals surface area contributed by atoms with Crippen molar-refractivity contribution in [2.75, 3.05) is 18.4 Å². The lowest BCUT2D eigenvalue weighted by Crippen LogP contribution is -2.23. The van der Waals surface area contributed by atoms with E-state index in [1.807, 2.05) is 42.5 Å². The minimum atomic E-state index is -0.407. The molecule has 0 fully saturated rings. The first-order chi connectivity index (χ1) is 16.6. The van der Waals surface area contributed by atoms with Gasteiger partial charge >= 0.3 is 5.69 Å². The van der Waals surface area contributed by atoms with Gasteiger partial charge in [0.05, 0.1) is 17.6 Å². The van der Waals surface area contributed by atoms with Crippen molar-refractivity contribution >= 4 is 11.5 Å². The monoisotopic (exact) mass is 457 g/mol. The van der Waals surface area contributed by atoms with E-state index in [1.165, 1.54) is 16.7 Å². The third-order valence-corrected chi connectivity index (χ3v) is 5.63. The maximum Gasteiger partial charge on any atom is 0.354 e. The highest BCUT2D eigenvalue weighted by atomic mass is 19.1. The Kier molecular flexibility index (Phi) is 6.07. The molecule has 4 aromatic rings. The lowest BCUT2D eigenvalue weighted by Gasteiger charge is -2.22. The zero-order chi connectivity index (χ0) is 23.5. The van der Waals surface area contributed by atoms with Gasteiger partial charge in [-0.05, 0) is 72.6 Å². The number of nitrogens with two attached hydrogens (primary N) is 1. The number of aromatic nitrogens is 2. The molecular formula is C26H24FN5O2. The molecule has 0 aliphatic carbocycles. The molecule has 0 unspecified atom stereocenters. The smallest absolute Gasteiger partial charge is 0.354 e. The van der Waals surface area contributed by atoms with E-state index in [-0.39, 0.29) is 5.82 Å². The first kappa shape index (κ1) is 21.8. The van der Waals surface area contributed by atoms with E-state index in [0.29, 0.717) is 35.2 Å². The molecule has 34 heavy (non-hydrogen) atoms. The van der Waals surface area contributed by atoms with Gasteiger partial charge in [0.15, 0.2) is 17.3 Å². The summed E-state index contributed by atoms with van der Waals surface area (Å²) < 4.78 is 20.8. The SMILES string of the molecule is NCCCNCc1ccc(-n2cc3c(nc2=O)Nc2ccc(-c4ccc(F)cc4)cc2O3)cc1. The Morgan fingerprint density at radius 3 is 2.53 bits per heavy atom. The van der Waals surface area contributed by atoms with Crippen molar-refractivity contribution < 1.29 is 9.13 Å². The Labute approximate surface area is 196 Å². The molecule has 8 heteroatoms. The number of nitrogens with zero attached hydrogens (tertiary/aromatic N) is 2. The van der Waals surface area contributed by atoms with Crippen LogP contribution in [0.4, 0.5) is 15.9 Å². The standard InChI is InChI=1S/C26H24FN5O2/c27-20-7-4-18(5-8-20)19-6-11-22-23(14-19)34-24-16-32(26(33)31-25(24)30-22)21-9-2-17(3-10-21)15-29-13-1-12-28/h2-11,14,16,29H,1,12-13,15,28H2,(H,30,31,33). The van der Waals surface area contributed by atoms with Crippen LogP contribution >= 0.6 is 0 Å². The van der Waals surface area contributed by atoms with Gasteiger partial charge in [0.2, 0.25) is 0 Å². The second-order valence-corrected chi connectivity index (χ2v) is 8.04. The van der Waals surface area contributed by atoms with E-state index in [4.69, 9.17) is 10.5 Å². The summed E-state index contributed by atoms with van der Waals surface area (Å²) in [5.41, 5.74) is 9.38. The van der Waals surface area contributed by atoms with E-state index in [9.17, 15) is 9.18 Å². The predicted molar refractivity (Wildman–Crippen MR) is 130 cm³/mol. The van der Waals surface area contributed by atoms with Crippen LogP contribution in [0.25, 0.3) is 16.8 Å². The van der Waals surface area contributed by atoms with Crippen LogP contribution in [-0.2, 0) is 6.54 Å². The molecule has 0 radical (unpaired) electrons. The van der Waals surface area contributed by atoms with E-state index in [0.717, 1.165) is 36.2 Å². The summed E-state index contributed by atoms with van der Waals surface area (Å²) in [7, 11) is 0. The summed E-state index contributed by atoms with van der Waals surface area (Å²) in [6.07, 6.45) is 2.57. The lowest BCUT2D eigenvalue weighted by atomic mass is 10.0. The van der Waals surface area contributed by atoms with Crippen molar-refractivity contribution in [1.29, 1.82) is 0 Å². The minimum absolute atomic E-state index is 0.284. The van der Waals surface area contributed by atoms with E-state index in [2.05, 4.69) is 15.6 Å². The molecule has 2 heterocycles. The van der Waals surface area contributed by atoms with E-state index < -0.39 is 5.69 Å². The lowest BCUT2D eigenvalue weighted by molar-refractivity contribution is 0.472. The summed E-state index contributed by atoms with van der Waals surface area (Å²) in [6, 6.07) is 19.6. The molecule has 0 saturated carbocycles. The molecule has 3 aromatic carbocycles. The summed E-state index contributed by atoms with van der Waals surface area (Å²) in [5.74, 6) is 1.12. The summed E-state index contributed by atoms with van der Waals surface area (Å²) in [6.45, 7) is 2.26. The Bertz CT molecular complexity index is 1370. The second kappa shape index (κ2) is 9.46. The van der Waals surface area contributed by atoms with Gasteiger partial charge in [-0.15, -0.1) is 0 Å². The Balaban J connectivity index is 1.38. The zero-order valence-corrected chi connectivity index (χ0v) is 18.4. The molecule has 0 saturated heterocycles. The summed E-state index contributed by atoms with van der Waals surface area (Å²) in [4.78, 5) is 16.9. The molecule has 1 aromatic heterocycles. The second-order valence-electron chi connectivity index (χ2n) is 8.04. The molecule has 1 aliphatic rings. The molecule has 5 rings (SSSR count). The van der Waals surface area contributed by atoms with Crippen molar-refractivity contribution in [3.05, 3.63) is 94.8 Å². The zero-order valence-electron chi connectivity index (χ0n) is 18.4. The highest BCUT2D eigenvalue weighted by Crippen LogP contribution is 2.42. The largest absolute Gasteiger partial charge is 0.450 e. The van der Waals surface area contributed by atoms with Crippen LogP contribution in [0, 0.1) is 5.82 Å². The van der Waals surface area contributed by atoms with Crippen molar-refractivity contribution in [2.45, 2.75) is 13.0 Å². The van der Waals surface area contributed by atoms with E-state index in [1.54, 1.807) is 18.3 Å². The molecule has 0 amide bonds. The van der Waals surface area contributed by atoms with Gasteiger partial charge in [-0.25, -0.2) is 9.18 Å². The fourth-order valence-electron chi connectivity index (χ4n) is 3.80. The minimum Gasteiger partial charge on any atom is -0.450 e. The normalized spacial score (nSPS) is 11.8. The van der Waals surface area contributed by atoms with Crippen molar-refractivity contribution in [3.8, 4) is 28.3 Å². The van der Waals surface area contributed by atoms with Crippen LogP contribution in [-0.4, -0.2) is 22.6 Å². The average Bonchev–Trinajstić information content (AvgIpc) is 2.86. The third-order valence-electron chi connectivity index (χ3n) is 5.63. The first-order valence-corrected chi connectivity index (χ1v) is 11.1. The topological polar surface area (TPSA) is 94.2 Å². The fraction of sp³-hybridized carbons (Fsp3) is 0.154. The predicted octanol–water partition coefficient (Wildman–Crippen LogP) is 4.33. The Hall–Kier alpha value is -4.01. The molecule has 7 nitrogen and oxygen atoms in total. The third kappa shape index (κ3) is 4.54. The van der Waals surface area contributed by atoms with Crippen LogP contribution in [0.2, 0.25) is 0 Å². The quantitative estimate of drug-likeness (QED) is 0.315. The van der Waals surface area contributed by atoms with Crippen LogP contribution in [0.3, 0.4) is 0 Å². The van der Waals surface area contributed by atoms with Gasteiger partial charge < -0.3 is 21.1 Å². The first-order valence-electron chi connectivity index (χ1n) is 11.1. The number of hydrogen-bond donors (Lipinski definition) is 3. The maximum absolute atomic E-state index is 13.3. The molecule has 4 N–H and O–H groups in total. The number of rotatable bonds is 7. The molecule has 1 aliphatic heterocycles. The summed E-state index contributed by atoms with van der Waals surface area (Å²) in [5, 5.41) is 6.50. The van der Waals surface area contributed by atoms with Gasteiger partial charge in [-0.2, -0.15) is 4.98 Å². The maximum atomic E-state index is 13.3. The van der Waals surface area contributed by atoms with E-state index >= 15 is 0 Å². The molecular weight excluding hydrogens is 433 g/mol. The van der Waals surface area contributed by atoms with Gasteiger partial charge in [-0.1, -0.05) is 30.3 Å². The van der Waals surface area contributed by atoms with Gasteiger partial charge in [0.1, 0.15) is 5.82 Å². The number of nitrogens with one attached hydrogen (secondary N) is 2. The van der Waals surface area contributed by atoms with Crippen LogP contribution in [0.1, 0.15) is 12.0 Å². The van der Waals surface area contributed by atoms with Crippen molar-refractivity contribution in [2.24, 2.45) is 5.73 Å². The van der Waals surface area contributed by atoms with Crippen molar-refractivity contribution in [1.82, 2.24) is 14.9 Å². The van der Waals surface area contributed by atoms with Gasteiger partial charge in [0, 0.05) is 6.54 Å². The molecule has 0 bridgehead atoms. The number of ether oxygens (including phenoxy) is 1. The van der Waals surface area contributed by atoms with Crippen LogP contribution in [0.5, 0.6) is 11.5 Å². The van der Waals surface area contributed by atoms with Gasteiger partial charge in [-0.3, -0.25) is 4.57 Å². The number of halogens is 1. The average molecular weight is 458 g/mol. The highest BCUT2D eigenvalue weighted by molar-refractivity contribution is 5.77. The molecule has 172 valence electrons. The summed E-state index contributed by atoms with van der Waals surface area (Å²) >= 11 is 0. The fourth-order valence-corrected chi connectivity index (χ4v) is 3.80. The number of hydrogen-bond acceptors (Lipinski definition) is 6. The molecule has 0 spiro atoms. The van der Waals surface area contributed by atoms with Gasteiger partial charge in [0.25, 0.3) is 0 Å². The van der Waals surface area contributed by atoms with Crippen LogP contribution in [0.15, 0.2) is 77.7 Å². The number of anilines is 2. The van der Waals surface area contributed by atoms with Crippen LogP contribution < -0.4 is 26.8 Å². The Morgan fingerprint density at radius 2 is 1.76 bits per heavy atom. The van der Waals surface area contributed by atoms with Crippen molar-refractivity contribution in [3.63, 3.8) is 0 Å².